The number of hydrogen-bond acceptors (Lipinski definition) is 2. The highest BCUT2D eigenvalue weighted by molar-refractivity contribution is 9.10. The second-order valence-corrected chi connectivity index (χ2v) is 6.40. The third-order valence-electron chi connectivity index (χ3n) is 3.19. The quantitative estimate of drug-likeness (QED) is 0.844. The minimum atomic E-state index is 0.631. The molecular weight excluding hydrogens is 282 g/mol. The highest BCUT2D eigenvalue weighted by Crippen LogP contribution is 2.33. The van der Waals surface area contributed by atoms with Gasteiger partial charge in [-0.05, 0) is 42.5 Å². The van der Waals surface area contributed by atoms with Crippen LogP contribution in [0.2, 0.25) is 0 Å². The molecule has 1 aliphatic rings. The smallest absolute Gasteiger partial charge is 0.0189 e. The normalized spacial score (nSPS) is 16.9. The molecule has 0 unspecified atom stereocenters. The van der Waals surface area contributed by atoms with Crippen molar-refractivity contribution >= 4 is 27.7 Å². The van der Waals surface area contributed by atoms with Crippen molar-refractivity contribution in [2.24, 2.45) is 11.7 Å². The Morgan fingerprint density at radius 1 is 1.31 bits per heavy atom. The summed E-state index contributed by atoms with van der Waals surface area (Å²) in [4.78, 5) is 1.36. The van der Waals surface area contributed by atoms with Gasteiger partial charge in [0.25, 0.3) is 0 Å². The van der Waals surface area contributed by atoms with Crippen LogP contribution in [-0.4, -0.2) is 5.75 Å². The fourth-order valence-corrected chi connectivity index (χ4v) is 3.88. The van der Waals surface area contributed by atoms with E-state index in [9.17, 15) is 0 Å². The standard InChI is InChI=1S/C13H18BrNS/c14-12-5-6-13(11(7-12)8-15)16-9-10-3-1-2-4-10/h5-7,10H,1-4,8-9,15H2. The lowest BCUT2D eigenvalue weighted by Crippen LogP contribution is -2.01. The maximum absolute atomic E-state index is 5.77. The van der Waals surface area contributed by atoms with E-state index in [1.165, 1.54) is 41.9 Å². The molecule has 0 radical (unpaired) electrons. The average molecular weight is 300 g/mol. The molecule has 0 aromatic heterocycles. The summed E-state index contributed by atoms with van der Waals surface area (Å²) >= 11 is 5.47. The lowest BCUT2D eigenvalue weighted by molar-refractivity contribution is 0.623. The van der Waals surface area contributed by atoms with Crippen LogP contribution in [0, 0.1) is 5.92 Å². The van der Waals surface area contributed by atoms with Crippen LogP contribution in [0.5, 0.6) is 0 Å². The van der Waals surface area contributed by atoms with Gasteiger partial charge in [0.2, 0.25) is 0 Å². The van der Waals surface area contributed by atoms with Gasteiger partial charge in [-0.15, -0.1) is 11.8 Å². The van der Waals surface area contributed by atoms with E-state index in [1.807, 2.05) is 11.8 Å². The lowest BCUT2D eigenvalue weighted by atomic mass is 10.1. The Labute approximate surface area is 110 Å². The van der Waals surface area contributed by atoms with Gasteiger partial charge in [-0.25, -0.2) is 0 Å². The number of thioether (sulfide) groups is 1. The SMILES string of the molecule is NCc1cc(Br)ccc1SCC1CCCC1. The zero-order valence-corrected chi connectivity index (χ0v) is 11.8. The Morgan fingerprint density at radius 3 is 2.75 bits per heavy atom. The molecule has 0 amide bonds. The molecule has 2 rings (SSSR count). The summed E-state index contributed by atoms with van der Waals surface area (Å²) in [6, 6.07) is 6.43. The Bertz CT molecular complexity index is 348. The van der Waals surface area contributed by atoms with Crippen molar-refractivity contribution < 1.29 is 0 Å². The summed E-state index contributed by atoms with van der Waals surface area (Å²) < 4.78 is 1.12. The minimum absolute atomic E-state index is 0.631. The predicted molar refractivity (Wildman–Crippen MR) is 74.7 cm³/mol. The summed E-state index contributed by atoms with van der Waals surface area (Å²) in [7, 11) is 0. The molecule has 1 fully saturated rings. The van der Waals surface area contributed by atoms with E-state index in [1.54, 1.807) is 0 Å². The van der Waals surface area contributed by atoms with Crippen molar-refractivity contribution in [1.82, 2.24) is 0 Å². The molecule has 0 heterocycles. The molecule has 1 aromatic rings. The summed E-state index contributed by atoms with van der Waals surface area (Å²) in [5, 5.41) is 0. The van der Waals surface area contributed by atoms with Crippen LogP contribution in [0.4, 0.5) is 0 Å². The Balaban J connectivity index is 1.97. The van der Waals surface area contributed by atoms with E-state index in [0.29, 0.717) is 6.54 Å². The first kappa shape index (κ1) is 12.5. The Morgan fingerprint density at radius 2 is 2.06 bits per heavy atom. The summed E-state index contributed by atoms with van der Waals surface area (Å²) in [6.45, 7) is 0.631. The maximum Gasteiger partial charge on any atom is 0.0189 e. The van der Waals surface area contributed by atoms with Gasteiger partial charge in [-0.1, -0.05) is 28.8 Å². The molecule has 1 aromatic carbocycles. The molecule has 3 heteroatoms. The fraction of sp³-hybridized carbons (Fsp3) is 0.538. The van der Waals surface area contributed by atoms with Crippen molar-refractivity contribution in [2.45, 2.75) is 37.1 Å². The van der Waals surface area contributed by atoms with Gasteiger partial charge in [0.05, 0.1) is 0 Å². The molecule has 0 aliphatic heterocycles. The van der Waals surface area contributed by atoms with Crippen LogP contribution in [-0.2, 0) is 6.54 Å². The van der Waals surface area contributed by atoms with Crippen LogP contribution in [0.25, 0.3) is 0 Å². The number of rotatable bonds is 4. The van der Waals surface area contributed by atoms with E-state index in [0.717, 1.165) is 10.4 Å². The Kier molecular flexibility index (Phi) is 4.74. The molecule has 1 saturated carbocycles. The number of nitrogens with two attached hydrogens (primary N) is 1. The maximum atomic E-state index is 5.77. The highest BCUT2D eigenvalue weighted by Gasteiger charge is 2.15. The van der Waals surface area contributed by atoms with Crippen LogP contribution in [0.15, 0.2) is 27.6 Å². The van der Waals surface area contributed by atoms with Gasteiger partial charge in [-0.2, -0.15) is 0 Å². The molecule has 88 valence electrons. The van der Waals surface area contributed by atoms with Crippen molar-refractivity contribution in [3.05, 3.63) is 28.2 Å². The molecule has 0 bridgehead atoms. The van der Waals surface area contributed by atoms with Gasteiger partial charge in [0.1, 0.15) is 0 Å². The Hall–Kier alpha value is 0.01000. The number of halogens is 1. The summed E-state index contributed by atoms with van der Waals surface area (Å²) in [6.07, 6.45) is 5.69. The topological polar surface area (TPSA) is 26.0 Å². The van der Waals surface area contributed by atoms with E-state index in [2.05, 4.69) is 34.1 Å². The molecule has 1 aliphatic carbocycles. The van der Waals surface area contributed by atoms with Crippen LogP contribution in [0.3, 0.4) is 0 Å². The predicted octanol–water partition coefficient (Wildman–Crippen LogP) is 4.19. The highest BCUT2D eigenvalue weighted by atomic mass is 79.9. The molecule has 0 spiro atoms. The van der Waals surface area contributed by atoms with Gasteiger partial charge in [0.15, 0.2) is 0 Å². The van der Waals surface area contributed by atoms with Crippen molar-refractivity contribution in [2.75, 3.05) is 5.75 Å². The van der Waals surface area contributed by atoms with E-state index >= 15 is 0 Å². The minimum Gasteiger partial charge on any atom is -0.326 e. The zero-order valence-electron chi connectivity index (χ0n) is 9.42. The summed E-state index contributed by atoms with van der Waals surface area (Å²) in [5.74, 6) is 2.19. The van der Waals surface area contributed by atoms with E-state index in [4.69, 9.17) is 5.73 Å². The first-order chi connectivity index (χ1) is 7.79. The monoisotopic (exact) mass is 299 g/mol. The third kappa shape index (κ3) is 3.25. The van der Waals surface area contributed by atoms with Crippen molar-refractivity contribution in [1.29, 1.82) is 0 Å². The average Bonchev–Trinajstić information content (AvgIpc) is 2.80. The molecule has 16 heavy (non-hydrogen) atoms. The fourth-order valence-electron chi connectivity index (χ4n) is 2.23. The van der Waals surface area contributed by atoms with Crippen molar-refractivity contribution in [3.63, 3.8) is 0 Å². The lowest BCUT2D eigenvalue weighted by Gasteiger charge is -2.11. The first-order valence-electron chi connectivity index (χ1n) is 5.91. The largest absolute Gasteiger partial charge is 0.326 e. The van der Waals surface area contributed by atoms with Gasteiger partial charge < -0.3 is 5.73 Å². The molecular formula is C13H18BrNS. The van der Waals surface area contributed by atoms with Gasteiger partial charge >= 0.3 is 0 Å². The molecule has 0 atom stereocenters. The molecule has 0 saturated heterocycles. The molecule has 2 N–H and O–H groups in total. The van der Waals surface area contributed by atoms with Crippen molar-refractivity contribution in [3.8, 4) is 0 Å². The summed E-state index contributed by atoms with van der Waals surface area (Å²) in [5.41, 5.74) is 7.03. The molecule has 1 nitrogen and oxygen atoms in total. The number of benzene rings is 1. The van der Waals surface area contributed by atoms with E-state index in [-0.39, 0.29) is 0 Å². The zero-order chi connectivity index (χ0) is 11.4. The van der Waals surface area contributed by atoms with Gasteiger partial charge in [0, 0.05) is 21.7 Å². The first-order valence-corrected chi connectivity index (χ1v) is 7.68. The third-order valence-corrected chi connectivity index (χ3v) is 5.03. The van der Waals surface area contributed by atoms with Crippen LogP contribution >= 0.6 is 27.7 Å². The number of hydrogen-bond donors (Lipinski definition) is 1. The van der Waals surface area contributed by atoms with Gasteiger partial charge in [-0.3, -0.25) is 0 Å². The van der Waals surface area contributed by atoms with Crippen LogP contribution in [0.1, 0.15) is 31.2 Å². The van der Waals surface area contributed by atoms with Crippen LogP contribution < -0.4 is 5.73 Å². The second kappa shape index (κ2) is 6.08. The van der Waals surface area contributed by atoms with E-state index < -0.39 is 0 Å². The second-order valence-electron chi connectivity index (χ2n) is 4.42.